The van der Waals surface area contributed by atoms with Crippen LogP contribution in [0.4, 0.5) is 0 Å². The van der Waals surface area contributed by atoms with E-state index < -0.39 is 6.10 Å². The van der Waals surface area contributed by atoms with Crippen molar-refractivity contribution in [1.29, 1.82) is 0 Å². The summed E-state index contributed by atoms with van der Waals surface area (Å²) >= 11 is 0. The molecule has 15 heavy (non-hydrogen) atoms. The predicted octanol–water partition coefficient (Wildman–Crippen LogP) is 1.81. The van der Waals surface area contributed by atoms with E-state index in [4.69, 9.17) is 10.8 Å². The minimum Gasteiger partial charge on any atom is -0.394 e. The van der Waals surface area contributed by atoms with Crippen LogP contribution in [0.15, 0.2) is 0 Å². The summed E-state index contributed by atoms with van der Waals surface area (Å²) in [6.07, 6.45) is 8.85. The van der Waals surface area contributed by atoms with Crippen LogP contribution in [0, 0.1) is 0 Å². The lowest BCUT2D eigenvalue weighted by Gasteiger charge is -2.15. The van der Waals surface area contributed by atoms with Crippen molar-refractivity contribution < 1.29 is 10.2 Å². The first-order valence-electron chi connectivity index (χ1n) is 6.26. The number of unbranched alkanes of at least 4 members (excludes halogenated alkanes) is 6. The van der Waals surface area contributed by atoms with Gasteiger partial charge in [-0.3, -0.25) is 0 Å². The first kappa shape index (κ1) is 14.9. The molecule has 0 aromatic carbocycles. The normalized spacial score (nSPS) is 15.2. The van der Waals surface area contributed by atoms with Gasteiger partial charge in [0.15, 0.2) is 0 Å². The molecule has 0 aliphatic carbocycles. The standard InChI is InChI=1S/C12H27NO2/c1-2-3-4-5-6-7-8-9-11(13)12(15)10-14/h11-12,14-15H,2-10,13H2,1H3/t11-,12+/m0/s1. The van der Waals surface area contributed by atoms with Gasteiger partial charge in [0, 0.05) is 6.04 Å². The summed E-state index contributed by atoms with van der Waals surface area (Å²) in [7, 11) is 0. The second-order valence-electron chi connectivity index (χ2n) is 4.32. The lowest BCUT2D eigenvalue weighted by atomic mass is 10.0. The summed E-state index contributed by atoms with van der Waals surface area (Å²) in [6.45, 7) is 1.99. The minimum absolute atomic E-state index is 0.225. The third-order valence-electron chi connectivity index (χ3n) is 2.82. The molecule has 0 bridgehead atoms. The molecule has 4 N–H and O–H groups in total. The summed E-state index contributed by atoms with van der Waals surface area (Å²) in [4.78, 5) is 0. The predicted molar refractivity (Wildman–Crippen MR) is 63.7 cm³/mol. The first-order chi connectivity index (χ1) is 7.22. The Labute approximate surface area is 93.7 Å². The number of aliphatic hydroxyl groups is 2. The second kappa shape index (κ2) is 10.4. The maximum atomic E-state index is 9.22. The Morgan fingerprint density at radius 2 is 1.53 bits per heavy atom. The molecule has 3 heteroatoms. The van der Waals surface area contributed by atoms with Crippen LogP contribution in [0.5, 0.6) is 0 Å². The molecule has 0 aromatic rings. The molecule has 0 amide bonds. The zero-order chi connectivity index (χ0) is 11.5. The van der Waals surface area contributed by atoms with Crippen LogP contribution in [0.25, 0.3) is 0 Å². The van der Waals surface area contributed by atoms with Crippen LogP contribution >= 0.6 is 0 Å². The molecule has 0 radical (unpaired) electrons. The Kier molecular flexibility index (Phi) is 10.3. The molecule has 92 valence electrons. The van der Waals surface area contributed by atoms with Crippen molar-refractivity contribution >= 4 is 0 Å². The van der Waals surface area contributed by atoms with Gasteiger partial charge >= 0.3 is 0 Å². The molecule has 0 aliphatic rings. The molecule has 0 heterocycles. The van der Waals surface area contributed by atoms with Gasteiger partial charge < -0.3 is 15.9 Å². The van der Waals surface area contributed by atoms with Gasteiger partial charge in [-0.05, 0) is 6.42 Å². The Morgan fingerprint density at radius 3 is 2.07 bits per heavy atom. The van der Waals surface area contributed by atoms with Gasteiger partial charge in [-0.15, -0.1) is 0 Å². The zero-order valence-electron chi connectivity index (χ0n) is 9.99. The highest BCUT2D eigenvalue weighted by Gasteiger charge is 2.12. The third kappa shape index (κ3) is 8.85. The van der Waals surface area contributed by atoms with Gasteiger partial charge in [-0.2, -0.15) is 0 Å². The Hall–Kier alpha value is -0.120. The molecule has 3 nitrogen and oxygen atoms in total. The van der Waals surface area contributed by atoms with E-state index in [-0.39, 0.29) is 12.6 Å². The molecule has 0 saturated heterocycles. The number of aliphatic hydroxyl groups excluding tert-OH is 2. The van der Waals surface area contributed by atoms with Gasteiger partial charge in [0.05, 0.1) is 12.7 Å². The van der Waals surface area contributed by atoms with Crippen molar-refractivity contribution in [3.8, 4) is 0 Å². The van der Waals surface area contributed by atoms with Crippen LogP contribution in [0.1, 0.15) is 58.3 Å². The monoisotopic (exact) mass is 217 g/mol. The van der Waals surface area contributed by atoms with E-state index in [2.05, 4.69) is 6.92 Å². The second-order valence-corrected chi connectivity index (χ2v) is 4.32. The van der Waals surface area contributed by atoms with Crippen molar-refractivity contribution in [2.24, 2.45) is 5.73 Å². The van der Waals surface area contributed by atoms with Crippen LogP contribution in [-0.2, 0) is 0 Å². The average Bonchev–Trinajstić information content (AvgIpc) is 2.26. The summed E-state index contributed by atoms with van der Waals surface area (Å²) in [5, 5.41) is 17.9. The van der Waals surface area contributed by atoms with Crippen molar-refractivity contribution in [3.05, 3.63) is 0 Å². The van der Waals surface area contributed by atoms with Crippen molar-refractivity contribution in [2.75, 3.05) is 6.61 Å². The highest BCUT2D eigenvalue weighted by Crippen LogP contribution is 2.10. The fraction of sp³-hybridized carbons (Fsp3) is 1.00. The van der Waals surface area contributed by atoms with Gasteiger partial charge in [0.2, 0.25) is 0 Å². The van der Waals surface area contributed by atoms with E-state index in [9.17, 15) is 5.11 Å². The average molecular weight is 217 g/mol. The van der Waals surface area contributed by atoms with E-state index >= 15 is 0 Å². The van der Waals surface area contributed by atoms with Gasteiger partial charge in [0.1, 0.15) is 0 Å². The van der Waals surface area contributed by atoms with E-state index in [1.807, 2.05) is 0 Å². The maximum absolute atomic E-state index is 9.22. The Bertz CT molecular complexity index is 131. The Morgan fingerprint density at radius 1 is 1.00 bits per heavy atom. The van der Waals surface area contributed by atoms with Crippen LogP contribution in [-0.4, -0.2) is 29.0 Å². The molecule has 0 aromatic heterocycles. The van der Waals surface area contributed by atoms with E-state index in [1.54, 1.807) is 0 Å². The molecule has 0 unspecified atom stereocenters. The summed E-state index contributed by atoms with van der Waals surface area (Å²) in [5.74, 6) is 0. The van der Waals surface area contributed by atoms with E-state index in [0.29, 0.717) is 0 Å². The van der Waals surface area contributed by atoms with Gasteiger partial charge in [0.25, 0.3) is 0 Å². The molecule has 0 spiro atoms. The van der Waals surface area contributed by atoms with Gasteiger partial charge in [-0.25, -0.2) is 0 Å². The maximum Gasteiger partial charge on any atom is 0.0921 e. The third-order valence-corrected chi connectivity index (χ3v) is 2.82. The minimum atomic E-state index is -0.745. The zero-order valence-corrected chi connectivity index (χ0v) is 9.99. The SMILES string of the molecule is CCCCCCCCC[C@H](N)[C@H](O)CO. The summed E-state index contributed by atoms with van der Waals surface area (Å²) in [5.41, 5.74) is 5.68. The molecule has 0 aliphatic heterocycles. The number of rotatable bonds is 10. The van der Waals surface area contributed by atoms with E-state index in [0.717, 1.165) is 12.8 Å². The molecular weight excluding hydrogens is 190 g/mol. The number of hydrogen-bond donors (Lipinski definition) is 3. The van der Waals surface area contributed by atoms with Crippen LogP contribution in [0.3, 0.4) is 0 Å². The molecule has 0 saturated carbocycles. The fourth-order valence-electron chi connectivity index (χ4n) is 1.66. The largest absolute Gasteiger partial charge is 0.394 e. The quantitative estimate of drug-likeness (QED) is 0.489. The number of hydrogen-bond acceptors (Lipinski definition) is 3. The fourth-order valence-corrected chi connectivity index (χ4v) is 1.66. The number of nitrogens with two attached hydrogens (primary N) is 1. The van der Waals surface area contributed by atoms with Crippen molar-refractivity contribution in [1.82, 2.24) is 0 Å². The highest BCUT2D eigenvalue weighted by molar-refractivity contribution is 4.70. The van der Waals surface area contributed by atoms with Crippen molar-refractivity contribution in [2.45, 2.75) is 70.4 Å². The lowest BCUT2D eigenvalue weighted by Crippen LogP contribution is -2.37. The molecule has 0 fully saturated rings. The topological polar surface area (TPSA) is 66.5 Å². The van der Waals surface area contributed by atoms with Gasteiger partial charge in [-0.1, -0.05) is 51.9 Å². The lowest BCUT2D eigenvalue weighted by molar-refractivity contribution is 0.0711. The molecule has 0 rings (SSSR count). The van der Waals surface area contributed by atoms with E-state index in [1.165, 1.54) is 38.5 Å². The molecule has 2 atom stereocenters. The smallest absolute Gasteiger partial charge is 0.0921 e. The first-order valence-corrected chi connectivity index (χ1v) is 6.26. The highest BCUT2D eigenvalue weighted by atomic mass is 16.3. The molecular formula is C12H27NO2. The summed E-state index contributed by atoms with van der Waals surface area (Å²) in [6, 6.07) is -0.259. The summed E-state index contributed by atoms with van der Waals surface area (Å²) < 4.78 is 0. The van der Waals surface area contributed by atoms with Crippen molar-refractivity contribution in [3.63, 3.8) is 0 Å². The Balaban J connectivity index is 3.16. The van der Waals surface area contributed by atoms with Crippen LogP contribution in [0.2, 0.25) is 0 Å². The van der Waals surface area contributed by atoms with Crippen LogP contribution < -0.4 is 5.73 Å².